The van der Waals surface area contributed by atoms with E-state index in [0.717, 1.165) is 12.1 Å². The number of benzene rings is 1. The van der Waals surface area contributed by atoms with E-state index in [1.165, 1.54) is 5.56 Å². The predicted octanol–water partition coefficient (Wildman–Crippen LogP) is 2.38. The second kappa shape index (κ2) is 3.13. The van der Waals surface area contributed by atoms with Gasteiger partial charge in [-0.1, -0.05) is 18.2 Å². The molecule has 0 fully saturated rings. The lowest BCUT2D eigenvalue weighted by Crippen LogP contribution is -2.12. The van der Waals surface area contributed by atoms with E-state index < -0.39 is 6.17 Å². The highest BCUT2D eigenvalue weighted by Gasteiger charge is 2.13. The molecule has 2 rings (SSSR count). The zero-order chi connectivity index (χ0) is 8.39. The molecule has 0 bridgehead atoms. The lowest BCUT2D eigenvalue weighted by atomic mass is 10.1. The van der Waals surface area contributed by atoms with Crippen LogP contribution in [0.2, 0.25) is 0 Å². The van der Waals surface area contributed by atoms with Crippen molar-refractivity contribution in [2.24, 2.45) is 0 Å². The maximum Gasteiger partial charge on any atom is 0.118 e. The number of alkyl halides is 1. The van der Waals surface area contributed by atoms with Crippen LogP contribution in [-0.2, 0) is 6.42 Å². The largest absolute Gasteiger partial charge is 0.382 e. The van der Waals surface area contributed by atoms with Crippen molar-refractivity contribution in [3.63, 3.8) is 0 Å². The first-order valence-corrected chi connectivity index (χ1v) is 4.32. The molecule has 0 aliphatic carbocycles. The second-order valence-corrected chi connectivity index (χ2v) is 3.17. The highest BCUT2D eigenvalue weighted by Crippen LogP contribution is 2.21. The van der Waals surface area contributed by atoms with Gasteiger partial charge in [-0.25, -0.2) is 4.39 Å². The minimum Gasteiger partial charge on any atom is -0.382 e. The van der Waals surface area contributed by atoms with Gasteiger partial charge in [-0.2, -0.15) is 0 Å². The third kappa shape index (κ3) is 1.42. The van der Waals surface area contributed by atoms with E-state index in [4.69, 9.17) is 0 Å². The molecule has 0 aromatic heterocycles. The second-order valence-electron chi connectivity index (χ2n) is 3.17. The van der Waals surface area contributed by atoms with Crippen LogP contribution in [0.5, 0.6) is 0 Å². The Bertz CT molecular complexity index is 245. The Kier molecular flexibility index (Phi) is 1.98. The van der Waals surface area contributed by atoms with E-state index in [9.17, 15) is 4.39 Å². The summed E-state index contributed by atoms with van der Waals surface area (Å²) in [5.41, 5.74) is 2.33. The highest BCUT2D eigenvalue weighted by molar-refractivity contribution is 5.51. The van der Waals surface area contributed by atoms with Crippen LogP contribution in [0, 0.1) is 0 Å². The summed E-state index contributed by atoms with van der Waals surface area (Å²) in [6.45, 7) is 0.455. The van der Waals surface area contributed by atoms with Crippen molar-refractivity contribution in [1.82, 2.24) is 0 Å². The van der Waals surface area contributed by atoms with Gasteiger partial charge in [-0.15, -0.1) is 0 Å². The summed E-state index contributed by atoms with van der Waals surface area (Å²) in [7, 11) is 0. The summed E-state index contributed by atoms with van der Waals surface area (Å²) in [6.07, 6.45) is 0.798. The fourth-order valence-corrected chi connectivity index (χ4v) is 1.55. The van der Waals surface area contributed by atoms with Crippen LogP contribution < -0.4 is 5.32 Å². The average molecular weight is 165 g/mol. The molecular formula is C10H12FN. The number of rotatable bonds is 0. The minimum atomic E-state index is -0.697. The summed E-state index contributed by atoms with van der Waals surface area (Å²) in [6, 6.07) is 8.04. The van der Waals surface area contributed by atoms with Crippen molar-refractivity contribution >= 4 is 5.69 Å². The maximum absolute atomic E-state index is 12.9. The Labute approximate surface area is 71.6 Å². The van der Waals surface area contributed by atoms with Crippen molar-refractivity contribution in [3.05, 3.63) is 29.8 Å². The standard InChI is InChI=1S/C10H12FN/c11-9-6-5-8-3-1-2-4-10(8)12-7-9/h1-4,9,12H,5-7H2. The van der Waals surface area contributed by atoms with E-state index in [2.05, 4.69) is 11.4 Å². The van der Waals surface area contributed by atoms with Gasteiger partial charge in [0.05, 0.1) is 0 Å². The van der Waals surface area contributed by atoms with Gasteiger partial charge < -0.3 is 5.32 Å². The Morgan fingerprint density at radius 3 is 3.08 bits per heavy atom. The van der Waals surface area contributed by atoms with Crippen molar-refractivity contribution < 1.29 is 4.39 Å². The smallest absolute Gasteiger partial charge is 0.118 e. The summed E-state index contributed by atoms with van der Waals surface area (Å²) in [5, 5.41) is 3.10. The average Bonchev–Trinajstić information content (AvgIpc) is 2.29. The molecule has 0 saturated carbocycles. The normalized spacial score (nSPS) is 22.2. The van der Waals surface area contributed by atoms with Crippen LogP contribution in [0.15, 0.2) is 24.3 Å². The monoisotopic (exact) mass is 165 g/mol. The lowest BCUT2D eigenvalue weighted by molar-refractivity contribution is 0.333. The fourth-order valence-electron chi connectivity index (χ4n) is 1.55. The van der Waals surface area contributed by atoms with Crippen molar-refractivity contribution in [3.8, 4) is 0 Å². The Morgan fingerprint density at radius 2 is 2.17 bits per heavy atom. The van der Waals surface area contributed by atoms with Crippen LogP contribution in [0.1, 0.15) is 12.0 Å². The van der Waals surface area contributed by atoms with Gasteiger partial charge in [-0.05, 0) is 24.5 Å². The predicted molar refractivity (Wildman–Crippen MR) is 48.1 cm³/mol. The highest BCUT2D eigenvalue weighted by atomic mass is 19.1. The first-order valence-electron chi connectivity index (χ1n) is 4.32. The number of nitrogens with one attached hydrogen (secondary N) is 1. The molecule has 12 heavy (non-hydrogen) atoms. The maximum atomic E-state index is 12.9. The molecule has 1 atom stereocenters. The molecule has 0 saturated heterocycles. The first kappa shape index (κ1) is 7.59. The van der Waals surface area contributed by atoms with Crippen LogP contribution in [0.4, 0.5) is 10.1 Å². The Balaban J connectivity index is 2.26. The zero-order valence-corrected chi connectivity index (χ0v) is 6.89. The van der Waals surface area contributed by atoms with Gasteiger partial charge in [0.15, 0.2) is 0 Å². The molecule has 1 heterocycles. The fraction of sp³-hybridized carbons (Fsp3) is 0.400. The third-order valence-electron chi connectivity index (χ3n) is 2.26. The zero-order valence-electron chi connectivity index (χ0n) is 6.89. The van der Waals surface area contributed by atoms with E-state index >= 15 is 0 Å². The number of hydrogen-bond acceptors (Lipinski definition) is 1. The summed E-state index contributed by atoms with van der Waals surface area (Å²) >= 11 is 0. The minimum absolute atomic E-state index is 0.455. The van der Waals surface area contributed by atoms with Crippen molar-refractivity contribution in [2.45, 2.75) is 19.0 Å². The number of halogens is 1. The first-order chi connectivity index (χ1) is 5.86. The van der Waals surface area contributed by atoms with Gasteiger partial charge in [0.25, 0.3) is 0 Å². The van der Waals surface area contributed by atoms with Gasteiger partial charge in [0, 0.05) is 12.2 Å². The SMILES string of the molecule is FC1CCc2ccccc2NC1. The van der Waals surface area contributed by atoms with E-state index in [-0.39, 0.29) is 0 Å². The number of para-hydroxylation sites is 1. The molecule has 0 radical (unpaired) electrons. The van der Waals surface area contributed by atoms with Gasteiger partial charge in [-0.3, -0.25) is 0 Å². The molecular weight excluding hydrogens is 153 g/mol. The third-order valence-corrected chi connectivity index (χ3v) is 2.26. The number of fused-ring (bicyclic) bond motifs is 1. The van der Waals surface area contributed by atoms with Crippen molar-refractivity contribution in [2.75, 3.05) is 11.9 Å². The molecule has 1 unspecified atom stereocenters. The molecule has 1 aromatic carbocycles. The van der Waals surface area contributed by atoms with Crippen LogP contribution in [0.25, 0.3) is 0 Å². The van der Waals surface area contributed by atoms with Gasteiger partial charge in [0.1, 0.15) is 6.17 Å². The molecule has 2 heteroatoms. The van der Waals surface area contributed by atoms with Crippen LogP contribution in [0.3, 0.4) is 0 Å². The Hall–Kier alpha value is -1.05. The molecule has 1 N–H and O–H groups in total. The summed E-state index contributed by atoms with van der Waals surface area (Å²) < 4.78 is 12.9. The van der Waals surface area contributed by atoms with E-state index in [1.807, 2.05) is 18.2 Å². The van der Waals surface area contributed by atoms with Crippen LogP contribution >= 0.6 is 0 Å². The number of hydrogen-bond donors (Lipinski definition) is 1. The van der Waals surface area contributed by atoms with E-state index in [1.54, 1.807) is 0 Å². The van der Waals surface area contributed by atoms with E-state index in [0.29, 0.717) is 13.0 Å². The number of aryl methyl sites for hydroxylation is 1. The summed E-state index contributed by atoms with van der Waals surface area (Å²) in [4.78, 5) is 0. The van der Waals surface area contributed by atoms with Crippen LogP contribution in [-0.4, -0.2) is 12.7 Å². The lowest BCUT2D eigenvalue weighted by Gasteiger charge is -2.05. The topological polar surface area (TPSA) is 12.0 Å². The van der Waals surface area contributed by atoms with Gasteiger partial charge >= 0.3 is 0 Å². The van der Waals surface area contributed by atoms with Gasteiger partial charge in [0.2, 0.25) is 0 Å². The molecule has 0 amide bonds. The number of anilines is 1. The molecule has 1 aliphatic heterocycles. The Morgan fingerprint density at radius 1 is 1.33 bits per heavy atom. The molecule has 1 aliphatic rings. The quantitative estimate of drug-likeness (QED) is 0.622. The van der Waals surface area contributed by atoms with Crippen molar-refractivity contribution in [1.29, 1.82) is 0 Å². The molecule has 1 aromatic rings. The molecule has 1 nitrogen and oxygen atoms in total. The molecule has 0 spiro atoms. The molecule has 64 valence electrons. The summed E-state index contributed by atoms with van der Waals surface area (Å²) in [5.74, 6) is 0.